The molecule has 3 aromatic rings. The van der Waals surface area contributed by atoms with Gasteiger partial charge in [0.2, 0.25) is 0 Å². The van der Waals surface area contributed by atoms with Crippen molar-refractivity contribution < 1.29 is 19.0 Å². The Kier molecular flexibility index (Phi) is 6.57. The van der Waals surface area contributed by atoms with E-state index in [1.165, 1.54) is 24.6 Å². The van der Waals surface area contributed by atoms with Gasteiger partial charge in [-0.15, -0.1) is 11.3 Å². The minimum atomic E-state index is -0.695. The van der Waals surface area contributed by atoms with Crippen LogP contribution in [0.15, 0.2) is 57.3 Å². The number of fused-ring (bicyclic) bond motifs is 1. The largest absolute Gasteiger partial charge is 0.490 e. The van der Waals surface area contributed by atoms with Crippen LogP contribution in [0.1, 0.15) is 30.3 Å². The highest BCUT2D eigenvalue weighted by Gasteiger charge is 2.31. The molecule has 0 bridgehead atoms. The lowest BCUT2D eigenvalue weighted by Crippen LogP contribution is -2.39. The third-order valence-corrected chi connectivity index (χ3v) is 6.64. The van der Waals surface area contributed by atoms with Gasteiger partial charge in [0, 0.05) is 11.1 Å². The van der Waals surface area contributed by atoms with Gasteiger partial charge in [-0.3, -0.25) is 9.36 Å². The molecule has 9 heteroatoms. The molecule has 0 radical (unpaired) electrons. The summed E-state index contributed by atoms with van der Waals surface area (Å²) < 4.78 is 18.5. The second-order valence-corrected chi connectivity index (χ2v) is 8.75. The molecule has 0 unspecified atom stereocenters. The highest BCUT2D eigenvalue weighted by molar-refractivity contribution is 7.11. The Bertz CT molecular complexity index is 1340. The number of carbonyl (C=O) groups is 1. The summed E-state index contributed by atoms with van der Waals surface area (Å²) in [7, 11) is 1.31. The number of thiazole rings is 1. The molecule has 3 heterocycles. The Hall–Kier alpha value is -3.17. The van der Waals surface area contributed by atoms with E-state index in [0.29, 0.717) is 39.6 Å². The van der Waals surface area contributed by atoms with Crippen LogP contribution in [0.3, 0.4) is 0 Å². The highest BCUT2D eigenvalue weighted by atomic mass is 32.1. The van der Waals surface area contributed by atoms with E-state index in [4.69, 9.17) is 14.2 Å². The standard InChI is InChI=1S/C23H22N2O5S2/c1-4-29-17-9-8-14(11-18(17)30-5-2)20-16(22(27)28-3)13-24-23-25(20)21(26)19(32-23)12-15-7-6-10-31-15/h6-13,20H,4-5H2,1-3H3/b19-12-/t20-/m1/s1. The van der Waals surface area contributed by atoms with Crippen molar-refractivity contribution in [3.05, 3.63) is 77.6 Å². The molecule has 1 aromatic carbocycles. The number of aromatic nitrogens is 1. The number of thiophene rings is 1. The normalized spacial score (nSPS) is 15.5. The zero-order valence-corrected chi connectivity index (χ0v) is 19.5. The van der Waals surface area contributed by atoms with Crippen LogP contribution < -0.4 is 24.4 Å². The Morgan fingerprint density at radius 3 is 2.66 bits per heavy atom. The molecule has 0 aliphatic carbocycles. The lowest BCUT2D eigenvalue weighted by atomic mass is 9.97. The molecule has 0 saturated carbocycles. The molecular weight excluding hydrogens is 448 g/mol. The first-order chi connectivity index (χ1) is 15.6. The van der Waals surface area contributed by atoms with E-state index in [-0.39, 0.29) is 11.1 Å². The molecule has 7 nitrogen and oxygen atoms in total. The minimum absolute atomic E-state index is 0.214. The van der Waals surface area contributed by atoms with Gasteiger partial charge in [0.1, 0.15) is 0 Å². The van der Waals surface area contributed by atoms with Crippen molar-refractivity contribution in [1.29, 1.82) is 0 Å². The van der Waals surface area contributed by atoms with Crippen molar-refractivity contribution in [2.75, 3.05) is 20.3 Å². The summed E-state index contributed by atoms with van der Waals surface area (Å²) in [6.07, 6.45) is 3.32. The number of benzene rings is 1. The Morgan fingerprint density at radius 1 is 1.19 bits per heavy atom. The number of methoxy groups -OCH3 is 1. The van der Waals surface area contributed by atoms with Crippen molar-refractivity contribution in [1.82, 2.24) is 4.57 Å². The maximum absolute atomic E-state index is 13.4. The molecular formula is C23H22N2O5S2. The molecule has 1 atom stereocenters. The summed E-state index contributed by atoms with van der Waals surface area (Å²) in [4.78, 5) is 31.9. The lowest BCUT2D eigenvalue weighted by molar-refractivity contribution is -0.136. The highest BCUT2D eigenvalue weighted by Crippen LogP contribution is 2.35. The third kappa shape index (κ3) is 4.13. The number of hydrogen-bond donors (Lipinski definition) is 0. The molecule has 0 saturated heterocycles. The molecule has 0 amide bonds. The Labute approximate surface area is 192 Å². The number of ether oxygens (including phenoxy) is 3. The zero-order chi connectivity index (χ0) is 22.7. The first-order valence-corrected chi connectivity index (χ1v) is 11.8. The summed E-state index contributed by atoms with van der Waals surface area (Å²) in [5.74, 6) is 0.610. The number of carbonyl (C=O) groups excluding carboxylic acids is 1. The summed E-state index contributed by atoms with van der Waals surface area (Å²) in [5, 5.41) is 1.95. The van der Waals surface area contributed by atoms with Gasteiger partial charge in [-0.25, -0.2) is 9.79 Å². The Balaban J connectivity index is 1.91. The number of hydrogen-bond acceptors (Lipinski definition) is 8. The van der Waals surface area contributed by atoms with Crippen molar-refractivity contribution >= 4 is 34.7 Å². The molecule has 0 spiro atoms. The SMILES string of the molecule is CCOc1ccc([C@@H]2C(C(=O)OC)=CN=c3s/c(=C\c4cccs4)c(=O)n32)cc1OCC. The molecule has 166 valence electrons. The fraction of sp³-hybridized carbons (Fsp3) is 0.261. The second kappa shape index (κ2) is 9.54. The van der Waals surface area contributed by atoms with Gasteiger partial charge >= 0.3 is 5.97 Å². The zero-order valence-electron chi connectivity index (χ0n) is 17.9. The van der Waals surface area contributed by atoms with E-state index in [2.05, 4.69) is 4.99 Å². The van der Waals surface area contributed by atoms with Gasteiger partial charge in [-0.1, -0.05) is 23.5 Å². The first kappa shape index (κ1) is 22.0. The number of nitrogens with zero attached hydrogens (tertiary/aromatic N) is 2. The van der Waals surface area contributed by atoms with Crippen molar-refractivity contribution in [2.24, 2.45) is 4.99 Å². The smallest absolute Gasteiger partial charge is 0.337 e. The predicted octanol–water partition coefficient (Wildman–Crippen LogP) is 2.88. The minimum Gasteiger partial charge on any atom is -0.490 e. The topological polar surface area (TPSA) is 79.1 Å². The summed E-state index contributed by atoms with van der Waals surface area (Å²) in [6, 6.07) is 8.61. The molecule has 1 aliphatic rings. The van der Waals surface area contributed by atoms with Gasteiger partial charge in [0.15, 0.2) is 16.3 Å². The maximum atomic E-state index is 13.4. The van der Waals surface area contributed by atoms with Crippen molar-refractivity contribution in [3.63, 3.8) is 0 Å². The van der Waals surface area contributed by atoms with E-state index >= 15 is 0 Å². The number of rotatable bonds is 7. The molecule has 0 N–H and O–H groups in total. The first-order valence-electron chi connectivity index (χ1n) is 10.1. The quantitative estimate of drug-likeness (QED) is 0.496. The second-order valence-electron chi connectivity index (χ2n) is 6.76. The van der Waals surface area contributed by atoms with Gasteiger partial charge in [-0.2, -0.15) is 0 Å². The summed E-state index contributed by atoms with van der Waals surface area (Å²) in [6.45, 7) is 4.72. The van der Waals surface area contributed by atoms with Crippen molar-refractivity contribution in [2.45, 2.75) is 19.9 Å². The van der Waals surface area contributed by atoms with E-state index in [9.17, 15) is 9.59 Å². The number of esters is 1. The monoisotopic (exact) mass is 470 g/mol. The fourth-order valence-corrected chi connectivity index (χ4v) is 5.18. The molecule has 4 rings (SSSR count). The fourth-order valence-electron chi connectivity index (χ4n) is 3.49. The van der Waals surface area contributed by atoms with Crippen LogP contribution in [-0.4, -0.2) is 30.9 Å². The third-order valence-electron chi connectivity index (χ3n) is 4.82. The summed E-state index contributed by atoms with van der Waals surface area (Å²) in [5.41, 5.74) is 0.759. The summed E-state index contributed by atoms with van der Waals surface area (Å²) >= 11 is 2.84. The molecule has 0 fully saturated rings. The average Bonchev–Trinajstić information content (AvgIpc) is 3.42. The molecule has 32 heavy (non-hydrogen) atoms. The van der Waals surface area contributed by atoms with Crippen LogP contribution in [0.4, 0.5) is 0 Å². The van der Waals surface area contributed by atoms with Crippen LogP contribution in [0, 0.1) is 0 Å². The van der Waals surface area contributed by atoms with E-state index in [1.807, 2.05) is 43.5 Å². The van der Waals surface area contributed by atoms with Crippen LogP contribution >= 0.6 is 22.7 Å². The van der Waals surface area contributed by atoms with Crippen LogP contribution in [0.25, 0.3) is 6.08 Å². The lowest BCUT2D eigenvalue weighted by Gasteiger charge is -2.23. The van der Waals surface area contributed by atoms with Gasteiger partial charge in [0.05, 0.1) is 36.5 Å². The Morgan fingerprint density at radius 2 is 1.97 bits per heavy atom. The predicted molar refractivity (Wildman–Crippen MR) is 124 cm³/mol. The van der Waals surface area contributed by atoms with Crippen LogP contribution in [0.5, 0.6) is 11.5 Å². The maximum Gasteiger partial charge on any atom is 0.337 e. The molecule has 1 aliphatic heterocycles. The van der Waals surface area contributed by atoms with Gasteiger partial charge in [-0.05, 0) is 49.1 Å². The van der Waals surface area contributed by atoms with E-state index in [1.54, 1.807) is 28.0 Å². The van der Waals surface area contributed by atoms with E-state index < -0.39 is 12.0 Å². The average molecular weight is 471 g/mol. The van der Waals surface area contributed by atoms with Crippen LogP contribution in [-0.2, 0) is 9.53 Å². The van der Waals surface area contributed by atoms with Gasteiger partial charge in [0.25, 0.3) is 5.56 Å². The van der Waals surface area contributed by atoms with E-state index in [0.717, 1.165) is 4.88 Å². The van der Waals surface area contributed by atoms with Crippen molar-refractivity contribution in [3.8, 4) is 11.5 Å². The molecule has 2 aromatic heterocycles. The van der Waals surface area contributed by atoms with Crippen LogP contribution in [0.2, 0.25) is 0 Å². The van der Waals surface area contributed by atoms with Gasteiger partial charge < -0.3 is 14.2 Å².